The maximum atomic E-state index is 12.8. The monoisotopic (exact) mass is 679 g/mol. The summed E-state index contributed by atoms with van der Waals surface area (Å²) in [6.07, 6.45) is 0.0751. The molecule has 0 radical (unpaired) electrons. The Morgan fingerprint density at radius 3 is 1.21 bits per heavy atom. The molecule has 38 heavy (non-hydrogen) atoms. The number of carbonyl (C=O) groups excluding carboxylic acids is 2. The predicted molar refractivity (Wildman–Crippen MR) is 128 cm³/mol. The Kier molecular flexibility index (Phi) is 15.6. The van der Waals surface area contributed by atoms with Crippen molar-refractivity contribution < 1.29 is 84.3 Å². The van der Waals surface area contributed by atoms with Gasteiger partial charge in [0.1, 0.15) is 0 Å². The minimum atomic E-state index is -1.31. The Bertz CT molecular complexity index is 929. The van der Waals surface area contributed by atoms with Crippen LogP contribution in [0.15, 0.2) is 24.3 Å². The maximum absolute atomic E-state index is 12.8. The van der Waals surface area contributed by atoms with Gasteiger partial charge in [-0.3, -0.25) is 38.8 Å². The SMILES string of the molecule is O=C(O)CN1CCN(CC(=O)O)CCN(CC(=O)Cc2ccc(C(=O)[O-])cc2)CCN(CC(=O)O)CC1.[Gd]. The number of aliphatic carboxylic acids is 3. The van der Waals surface area contributed by atoms with E-state index in [1.54, 1.807) is 26.8 Å². The average Bonchev–Trinajstić information content (AvgIpc) is 2.80. The molecule has 0 spiro atoms. The van der Waals surface area contributed by atoms with Gasteiger partial charge >= 0.3 is 17.9 Å². The van der Waals surface area contributed by atoms with Crippen LogP contribution in [-0.4, -0.2) is 143 Å². The van der Waals surface area contributed by atoms with Gasteiger partial charge in [0.2, 0.25) is 0 Å². The third-order valence-electron chi connectivity index (χ3n) is 6.00. The van der Waals surface area contributed by atoms with Crippen LogP contribution in [0, 0.1) is 39.9 Å². The minimum absolute atomic E-state index is 0. The van der Waals surface area contributed by atoms with E-state index in [2.05, 4.69) is 0 Å². The van der Waals surface area contributed by atoms with Crippen molar-refractivity contribution >= 4 is 29.7 Å². The van der Waals surface area contributed by atoms with E-state index in [1.165, 1.54) is 12.1 Å². The molecule has 1 fully saturated rings. The largest absolute Gasteiger partial charge is 0.545 e. The molecular formula is C24H33GdN4O9-. The van der Waals surface area contributed by atoms with Crippen LogP contribution in [0.5, 0.6) is 0 Å². The van der Waals surface area contributed by atoms with Crippen LogP contribution in [-0.2, 0) is 25.6 Å². The maximum Gasteiger partial charge on any atom is 0.317 e. The predicted octanol–water partition coefficient (Wildman–Crippen LogP) is -2.36. The van der Waals surface area contributed by atoms with Crippen LogP contribution < -0.4 is 5.11 Å². The van der Waals surface area contributed by atoms with Gasteiger partial charge in [-0.1, -0.05) is 24.3 Å². The van der Waals surface area contributed by atoms with E-state index in [1.807, 2.05) is 4.90 Å². The molecule has 1 aromatic carbocycles. The molecule has 0 aromatic heterocycles. The molecular weight excluding hydrogens is 646 g/mol. The number of nitrogens with zero attached hydrogens (tertiary/aromatic N) is 4. The molecule has 1 aliphatic heterocycles. The molecule has 1 aromatic rings. The summed E-state index contributed by atoms with van der Waals surface area (Å²) in [5.41, 5.74) is 0.654. The number of benzene rings is 1. The third-order valence-corrected chi connectivity index (χ3v) is 6.00. The fraction of sp³-hybridized carbons (Fsp3) is 0.542. The van der Waals surface area contributed by atoms with E-state index < -0.39 is 23.9 Å². The number of aromatic carboxylic acids is 1. The van der Waals surface area contributed by atoms with Crippen molar-refractivity contribution in [2.45, 2.75) is 6.42 Å². The molecule has 14 heteroatoms. The summed E-state index contributed by atoms with van der Waals surface area (Å²) in [5, 5.41) is 38.7. The summed E-state index contributed by atoms with van der Waals surface area (Å²) in [4.78, 5) is 64.5. The normalized spacial score (nSPS) is 16.9. The van der Waals surface area contributed by atoms with Crippen molar-refractivity contribution in [3.63, 3.8) is 0 Å². The summed E-state index contributed by atoms with van der Waals surface area (Å²) in [7, 11) is 0. The fourth-order valence-electron chi connectivity index (χ4n) is 4.08. The zero-order valence-corrected chi connectivity index (χ0v) is 23.2. The topological polar surface area (TPSA) is 182 Å². The first-order valence-electron chi connectivity index (χ1n) is 11.9. The number of carboxylic acids is 4. The molecule has 13 nitrogen and oxygen atoms in total. The van der Waals surface area contributed by atoms with Crippen LogP contribution >= 0.6 is 0 Å². The molecule has 0 saturated carbocycles. The molecule has 0 unspecified atom stereocenters. The number of ketones is 1. The second kappa shape index (κ2) is 17.5. The minimum Gasteiger partial charge on any atom is -0.545 e. The standard InChI is InChI=1S/C24H34N4O9.Gd/c29-20(13-18-1-3-19(4-2-18)24(36)37)14-25-5-7-26(15-21(30)31)9-11-28(17-23(34)35)12-10-27(8-6-25)16-22(32)33;/h1-4H,5-17H2,(H,30,31)(H,32,33)(H,34,35)(H,36,37);/p-1. The van der Waals surface area contributed by atoms with Crippen LogP contribution in [0.4, 0.5) is 0 Å². The van der Waals surface area contributed by atoms with Gasteiger partial charge in [0.05, 0.1) is 32.1 Å². The van der Waals surface area contributed by atoms with E-state index in [-0.39, 0.29) is 83.9 Å². The van der Waals surface area contributed by atoms with Crippen LogP contribution in [0.2, 0.25) is 0 Å². The number of rotatable bonds is 11. The first kappa shape index (κ1) is 34.0. The molecule has 0 amide bonds. The summed E-state index contributed by atoms with van der Waals surface area (Å²) < 4.78 is 0. The summed E-state index contributed by atoms with van der Waals surface area (Å²) in [5.74, 6) is -4.50. The second-order valence-electron chi connectivity index (χ2n) is 8.99. The molecule has 1 heterocycles. The molecule has 0 bridgehead atoms. The molecule has 0 aliphatic carbocycles. The molecule has 3 N–H and O–H groups in total. The summed E-state index contributed by atoms with van der Waals surface area (Å²) in [6, 6.07) is 5.83. The van der Waals surface area contributed by atoms with Gasteiger partial charge in [-0.25, -0.2) is 0 Å². The summed E-state index contributed by atoms with van der Waals surface area (Å²) in [6.45, 7) is 1.85. The van der Waals surface area contributed by atoms with Crippen molar-refractivity contribution in [2.75, 3.05) is 78.5 Å². The van der Waals surface area contributed by atoms with Gasteiger partial charge in [0.25, 0.3) is 0 Å². The van der Waals surface area contributed by atoms with E-state index in [0.29, 0.717) is 57.9 Å². The number of carbonyl (C=O) groups is 5. The zero-order valence-electron chi connectivity index (χ0n) is 20.9. The van der Waals surface area contributed by atoms with Crippen molar-refractivity contribution in [1.82, 2.24) is 19.6 Å². The van der Waals surface area contributed by atoms with Crippen LogP contribution in [0.3, 0.4) is 0 Å². The van der Waals surface area contributed by atoms with Crippen molar-refractivity contribution in [3.05, 3.63) is 35.4 Å². The van der Waals surface area contributed by atoms with Crippen molar-refractivity contribution in [3.8, 4) is 0 Å². The quantitative estimate of drug-likeness (QED) is 0.226. The second-order valence-corrected chi connectivity index (χ2v) is 8.99. The Morgan fingerprint density at radius 1 is 0.605 bits per heavy atom. The Hall–Kier alpha value is -2.07. The van der Waals surface area contributed by atoms with Gasteiger partial charge in [0, 0.05) is 98.7 Å². The Morgan fingerprint density at radius 2 is 0.921 bits per heavy atom. The third kappa shape index (κ3) is 13.6. The number of Topliss-reactive ketones (excluding diaryl/α,β-unsaturated/α-hetero) is 1. The van der Waals surface area contributed by atoms with E-state index >= 15 is 0 Å². The average molecular weight is 679 g/mol. The van der Waals surface area contributed by atoms with Gasteiger partial charge < -0.3 is 25.2 Å². The van der Waals surface area contributed by atoms with Gasteiger partial charge in [-0.05, 0) is 11.1 Å². The van der Waals surface area contributed by atoms with Gasteiger partial charge in [0.15, 0.2) is 5.78 Å². The first-order valence-corrected chi connectivity index (χ1v) is 11.9. The van der Waals surface area contributed by atoms with Crippen LogP contribution in [0.25, 0.3) is 0 Å². The zero-order chi connectivity index (χ0) is 27.4. The van der Waals surface area contributed by atoms with Crippen molar-refractivity contribution in [2.24, 2.45) is 0 Å². The number of carboxylic acid groups (broad SMARTS) is 4. The van der Waals surface area contributed by atoms with Crippen LogP contribution in [0.1, 0.15) is 15.9 Å². The van der Waals surface area contributed by atoms with E-state index in [9.17, 15) is 44.4 Å². The fourth-order valence-corrected chi connectivity index (χ4v) is 4.08. The van der Waals surface area contributed by atoms with E-state index in [0.717, 1.165) is 0 Å². The number of hydrogen-bond acceptors (Lipinski definition) is 10. The van der Waals surface area contributed by atoms with Gasteiger partial charge in [-0.2, -0.15) is 0 Å². The Labute approximate surface area is 252 Å². The first-order chi connectivity index (χ1) is 17.5. The summed E-state index contributed by atoms with van der Waals surface area (Å²) >= 11 is 0. The number of hydrogen-bond donors (Lipinski definition) is 3. The Balaban J connectivity index is 0.00000722. The van der Waals surface area contributed by atoms with Gasteiger partial charge in [-0.15, -0.1) is 0 Å². The molecule has 2 rings (SSSR count). The van der Waals surface area contributed by atoms with Crippen molar-refractivity contribution in [1.29, 1.82) is 0 Å². The smallest absolute Gasteiger partial charge is 0.317 e. The molecule has 212 valence electrons. The van der Waals surface area contributed by atoms with E-state index in [4.69, 9.17) is 0 Å². The molecule has 1 saturated heterocycles. The molecule has 0 atom stereocenters. The molecule has 1 aliphatic rings.